The van der Waals surface area contributed by atoms with Crippen LogP contribution >= 0.6 is 177 Å². The summed E-state index contributed by atoms with van der Waals surface area (Å²) >= 11 is 25.4. The van der Waals surface area contributed by atoms with Gasteiger partial charge in [0.2, 0.25) is 0 Å². The van der Waals surface area contributed by atoms with E-state index in [-0.39, 0.29) is 39.7 Å². The molecule has 0 unspecified atom stereocenters. The molecular formula is C42H42Br4I2N2O14S6. The van der Waals surface area contributed by atoms with Gasteiger partial charge in [-0.25, -0.2) is 28.8 Å². The van der Waals surface area contributed by atoms with Crippen LogP contribution in [-0.4, -0.2) is 83.4 Å². The van der Waals surface area contributed by atoms with E-state index in [0.717, 1.165) is 52.5 Å². The molecule has 16 nitrogen and oxygen atoms in total. The Kier molecular flexibility index (Phi) is 31.3. The third-order valence-corrected chi connectivity index (χ3v) is 18.6. The largest absolute Gasteiger partial charge is 0.465 e. The molecular weight excluding hydrogens is 1520 g/mol. The van der Waals surface area contributed by atoms with E-state index >= 15 is 0 Å². The fourth-order valence-corrected chi connectivity index (χ4v) is 14.7. The fourth-order valence-electron chi connectivity index (χ4n) is 4.65. The number of hydrogen-bond donors (Lipinski definition) is 1. The molecule has 6 aromatic rings. The van der Waals surface area contributed by atoms with Crippen molar-refractivity contribution in [3.63, 3.8) is 0 Å². The van der Waals surface area contributed by atoms with Gasteiger partial charge in [-0.1, -0.05) is 43.2 Å². The van der Waals surface area contributed by atoms with Crippen LogP contribution in [0.1, 0.15) is 91.4 Å². The van der Waals surface area contributed by atoms with Crippen molar-refractivity contribution in [2.45, 2.75) is 38.4 Å². The Morgan fingerprint density at radius 3 is 1.17 bits per heavy atom. The van der Waals surface area contributed by atoms with Crippen molar-refractivity contribution in [2.24, 2.45) is 0 Å². The first-order valence-electron chi connectivity index (χ1n) is 18.7. The van der Waals surface area contributed by atoms with Gasteiger partial charge in [0.25, 0.3) is 0 Å². The Labute approximate surface area is 488 Å². The van der Waals surface area contributed by atoms with Crippen molar-refractivity contribution >= 4 is 223 Å². The quantitative estimate of drug-likeness (QED) is 0.0355. The smallest absolute Gasteiger partial charge is 0.348 e. The number of esters is 6. The van der Waals surface area contributed by atoms with Crippen molar-refractivity contribution < 1.29 is 62.1 Å². The molecule has 0 saturated heterocycles. The van der Waals surface area contributed by atoms with Crippen molar-refractivity contribution in [3.8, 4) is 0 Å². The summed E-state index contributed by atoms with van der Waals surface area (Å²) in [4.78, 5) is 79.8. The molecule has 2 N–H and O–H groups in total. The number of carbonyl (C=O) groups is 6. The van der Waals surface area contributed by atoms with Crippen molar-refractivity contribution in [1.29, 1.82) is 0 Å². The number of alkyl halides is 2. The van der Waals surface area contributed by atoms with Crippen LogP contribution in [0.4, 0.5) is 10.0 Å². The molecule has 0 aliphatic rings. The van der Waals surface area contributed by atoms with Crippen molar-refractivity contribution in [1.82, 2.24) is 0 Å². The number of hydrogen-bond acceptors (Lipinski definition) is 21. The lowest BCUT2D eigenvalue weighted by molar-refractivity contribution is -0.380. The van der Waals surface area contributed by atoms with E-state index in [4.69, 9.17) is 5.73 Å². The summed E-state index contributed by atoms with van der Waals surface area (Å²) < 4.78 is 31.6. The van der Waals surface area contributed by atoms with Crippen LogP contribution in [0.5, 0.6) is 0 Å². The molecule has 6 aromatic heterocycles. The second kappa shape index (κ2) is 33.4. The SMILES string of the molecule is COC(=O)c1sc(Br)cc1C.COC(=O)c1sc(Br)cc1CBr.COC(=O)c1sc(I)cc1C.COC(=O)c1sc(I)cc1CBr.COC(=O)c1sc(N)cc1C.COC(=O)c1sc([N+](=O)[O-])cc1C. The number of nitrogens with two attached hydrogens (primary N) is 1. The lowest BCUT2D eigenvalue weighted by Gasteiger charge is -1.96. The molecule has 0 aromatic carbocycles. The van der Waals surface area contributed by atoms with Gasteiger partial charge < -0.3 is 34.2 Å². The molecule has 0 saturated carbocycles. The Bertz CT molecular complexity index is 2550. The first-order chi connectivity index (χ1) is 32.9. The Hall–Kier alpha value is -2.40. The standard InChI is InChI=1S/C7H6Br2O2S.C7H6BrIO2S.C7H7BrO2S.C7H7IO2S.C7H7NO4S.C7H9NO2S/c2*1-11-7(10)6-4(3-8)2-5(9)12-6;2*1-4-3-5(8)11-6(4)7(9)10-2;1-4-3-5(8(10)11)13-6(4)7(9)12-2;1-4-3-5(8)11-6(4)7(9)10-2/h2*2H,3H2,1H3;2*3H,1-2H3;3H,1-2H3;3H,8H2,1-2H3. The summed E-state index contributed by atoms with van der Waals surface area (Å²) in [7, 11) is 8.16. The second-order valence-electron chi connectivity index (χ2n) is 12.7. The number of rotatable bonds is 9. The molecule has 382 valence electrons. The zero-order valence-corrected chi connectivity index (χ0v) is 53.9. The Morgan fingerprint density at radius 2 is 0.814 bits per heavy atom. The summed E-state index contributed by atoms with van der Waals surface area (Å²) in [5.41, 5.74) is 10.8. The van der Waals surface area contributed by atoms with Crippen LogP contribution in [0.2, 0.25) is 0 Å². The molecule has 0 aliphatic heterocycles. The van der Waals surface area contributed by atoms with Crippen LogP contribution < -0.4 is 5.73 Å². The van der Waals surface area contributed by atoms with E-state index in [0.29, 0.717) is 45.6 Å². The zero-order chi connectivity index (χ0) is 53.6. The number of aryl methyl sites for hydroxylation is 4. The third kappa shape index (κ3) is 21.2. The zero-order valence-electron chi connectivity index (χ0n) is 38.3. The second-order valence-corrected chi connectivity index (χ2v) is 26.7. The maximum absolute atomic E-state index is 11.2. The summed E-state index contributed by atoms with van der Waals surface area (Å²) in [6.45, 7) is 7.26. The number of ether oxygens (including phenoxy) is 6. The van der Waals surface area contributed by atoms with E-state index in [1.165, 1.54) is 105 Å². The summed E-state index contributed by atoms with van der Waals surface area (Å²) in [5, 5.41) is 12.3. The average molecular weight is 1560 g/mol. The summed E-state index contributed by atoms with van der Waals surface area (Å²) in [5.74, 6) is -1.88. The minimum atomic E-state index is -0.532. The van der Waals surface area contributed by atoms with Gasteiger partial charge in [-0.2, -0.15) is 0 Å². The molecule has 28 heteroatoms. The van der Waals surface area contributed by atoms with Crippen LogP contribution in [-0.2, 0) is 39.1 Å². The number of carbonyl (C=O) groups excluding carboxylic acids is 6. The number of nitrogen functional groups attached to an aromatic ring is 1. The minimum absolute atomic E-state index is 0.0436. The number of nitro groups is 1. The predicted octanol–water partition coefficient (Wildman–Crippen LogP) is 14.5. The van der Waals surface area contributed by atoms with E-state index in [2.05, 4.69) is 137 Å². The molecule has 0 fully saturated rings. The van der Waals surface area contributed by atoms with Crippen LogP contribution in [0.15, 0.2) is 44.0 Å². The van der Waals surface area contributed by atoms with E-state index in [1.807, 2.05) is 45.0 Å². The van der Waals surface area contributed by atoms with Gasteiger partial charge in [-0.3, -0.25) is 10.1 Å². The highest BCUT2D eigenvalue weighted by molar-refractivity contribution is 14.1. The maximum atomic E-state index is 11.2. The van der Waals surface area contributed by atoms with Gasteiger partial charge in [0.05, 0.1) is 65.9 Å². The molecule has 0 amide bonds. The number of thiophene rings is 6. The molecule has 6 heterocycles. The first kappa shape index (κ1) is 65.6. The fraction of sp³-hybridized carbons (Fsp3) is 0.286. The summed E-state index contributed by atoms with van der Waals surface area (Å²) in [6, 6.07) is 10.9. The minimum Gasteiger partial charge on any atom is -0.465 e. The number of nitrogens with zero attached hydrogens (tertiary/aromatic N) is 1. The van der Waals surface area contributed by atoms with Gasteiger partial charge >= 0.3 is 40.8 Å². The third-order valence-electron chi connectivity index (χ3n) is 7.87. The summed E-state index contributed by atoms with van der Waals surface area (Å²) in [6.07, 6.45) is 0. The Morgan fingerprint density at radius 1 is 0.500 bits per heavy atom. The lowest BCUT2D eigenvalue weighted by Crippen LogP contribution is -2.00. The molecule has 0 aliphatic carbocycles. The van der Waals surface area contributed by atoms with Crippen LogP contribution in [0.25, 0.3) is 0 Å². The molecule has 0 atom stereocenters. The molecule has 0 bridgehead atoms. The molecule has 6 rings (SSSR count). The maximum Gasteiger partial charge on any atom is 0.348 e. The molecule has 0 radical (unpaired) electrons. The topological polar surface area (TPSA) is 227 Å². The number of methoxy groups -OCH3 is 6. The Balaban J connectivity index is 0.000000420. The van der Waals surface area contributed by atoms with Crippen molar-refractivity contribution in [2.75, 3.05) is 48.4 Å². The highest BCUT2D eigenvalue weighted by atomic mass is 127. The van der Waals surface area contributed by atoms with E-state index < -0.39 is 10.9 Å². The van der Waals surface area contributed by atoms with Gasteiger partial charge in [0.1, 0.15) is 29.3 Å². The van der Waals surface area contributed by atoms with Gasteiger partial charge in [0.15, 0.2) is 0 Å². The van der Waals surface area contributed by atoms with Crippen LogP contribution in [0, 0.1) is 43.6 Å². The normalized spacial score (nSPS) is 9.77. The monoisotopic (exact) mass is 1560 g/mol. The van der Waals surface area contributed by atoms with Gasteiger partial charge in [-0.05, 0) is 168 Å². The van der Waals surface area contributed by atoms with Gasteiger partial charge in [-0.15, -0.1) is 56.7 Å². The first-order valence-corrected chi connectivity index (χ1v) is 29.6. The van der Waals surface area contributed by atoms with Crippen molar-refractivity contribution in [3.05, 3.63) is 122 Å². The van der Waals surface area contributed by atoms with Gasteiger partial charge in [0, 0.05) is 16.7 Å². The van der Waals surface area contributed by atoms with E-state index in [1.54, 1.807) is 13.0 Å². The lowest BCUT2D eigenvalue weighted by atomic mass is 10.3. The van der Waals surface area contributed by atoms with Crippen LogP contribution in [0.3, 0.4) is 0 Å². The predicted molar refractivity (Wildman–Crippen MR) is 310 cm³/mol. The number of halogens is 6. The molecule has 70 heavy (non-hydrogen) atoms. The van der Waals surface area contributed by atoms with E-state index in [9.17, 15) is 38.9 Å². The highest BCUT2D eigenvalue weighted by Gasteiger charge is 2.20. The number of anilines is 1. The molecule has 0 spiro atoms. The average Bonchev–Trinajstić information content (AvgIpc) is 4.21. The highest BCUT2D eigenvalue weighted by Crippen LogP contribution is 2.31.